The molecule has 0 unspecified atom stereocenters. The summed E-state index contributed by atoms with van der Waals surface area (Å²) >= 11 is 5.36. The van der Waals surface area contributed by atoms with Crippen LogP contribution in [-0.2, 0) is 0 Å². The molecule has 1 aromatic heterocycles. The number of hydrogen-bond acceptors (Lipinski definition) is 3. The maximum atomic E-state index is 11.7. The standard InChI is InChI=1S/C10H7ClN2O2/c11-5-9(14)13-10(15)8-4-2-1-3-7(8)6-12-13/h1-4,6H,5H2. The van der Waals surface area contributed by atoms with Crippen molar-refractivity contribution in [1.82, 2.24) is 9.78 Å². The predicted molar refractivity (Wildman–Crippen MR) is 57.3 cm³/mol. The molecule has 2 aromatic rings. The second kappa shape index (κ2) is 3.82. The molecule has 2 rings (SSSR count). The Labute approximate surface area is 90.1 Å². The summed E-state index contributed by atoms with van der Waals surface area (Å²) in [5, 5.41) is 4.92. The lowest BCUT2D eigenvalue weighted by Gasteiger charge is -2.01. The second-order valence-corrected chi connectivity index (χ2v) is 3.24. The van der Waals surface area contributed by atoms with E-state index >= 15 is 0 Å². The normalized spacial score (nSPS) is 10.5. The topological polar surface area (TPSA) is 52.0 Å². The van der Waals surface area contributed by atoms with Gasteiger partial charge in [0.15, 0.2) is 0 Å². The summed E-state index contributed by atoms with van der Waals surface area (Å²) in [6.07, 6.45) is 1.47. The monoisotopic (exact) mass is 222 g/mol. The van der Waals surface area contributed by atoms with Gasteiger partial charge in [0.25, 0.3) is 11.5 Å². The van der Waals surface area contributed by atoms with Gasteiger partial charge in [-0.2, -0.15) is 9.78 Å². The van der Waals surface area contributed by atoms with Gasteiger partial charge in [0.05, 0.1) is 11.6 Å². The second-order valence-electron chi connectivity index (χ2n) is 2.98. The Morgan fingerprint density at radius 2 is 2.13 bits per heavy atom. The number of nitrogens with zero attached hydrogens (tertiary/aromatic N) is 2. The molecule has 0 saturated heterocycles. The Hall–Kier alpha value is -1.68. The van der Waals surface area contributed by atoms with Crippen molar-refractivity contribution < 1.29 is 4.79 Å². The Morgan fingerprint density at radius 3 is 2.87 bits per heavy atom. The van der Waals surface area contributed by atoms with Crippen LogP contribution >= 0.6 is 11.6 Å². The summed E-state index contributed by atoms with van der Waals surface area (Å²) in [7, 11) is 0. The largest absolute Gasteiger partial charge is 0.281 e. The molecular weight excluding hydrogens is 216 g/mol. The molecule has 4 nitrogen and oxygen atoms in total. The summed E-state index contributed by atoms with van der Waals surface area (Å²) in [4.78, 5) is 23.0. The van der Waals surface area contributed by atoms with Crippen molar-refractivity contribution in [3.63, 3.8) is 0 Å². The predicted octanol–water partition coefficient (Wildman–Crippen LogP) is 1.28. The molecule has 0 amide bonds. The van der Waals surface area contributed by atoms with Crippen LogP contribution in [0.3, 0.4) is 0 Å². The number of carbonyl (C=O) groups excluding carboxylic acids is 1. The molecule has 76 valence electrons. The minimum Gasteiger partial charge on any atom is -0.271 e. The SMILES string of the molecule is O=C(CCl)n1ncc2ccccc2c1=O. The Morgan fingerprint density at radius 1 is 1.40 bits per heavy atom. The van der Waals surface area contributed by atoms with E-state index in [0.29, 0.717) is 10.8 Å². The van der Waals surface area contributed by atoms with Crippen LogP contribution in [0.2, 0.25) is 0 Å². The van der Waals surface area contributed by atoms with E-state index in [0.717, 1.165) is 4.68 Å². The first-order valence-corrected chi connectivity index (χ1v) is 4.84. The third-order valence-electron chi connectivity index (χ3n) is 2.05. The van der Waals surface area contributed by atoms with Crippen molar-refractivity contribution in [2.45, 2.75) is 0 Å². The fourth-order valence-electron chi connectivity index (χ4n) is 1.33. The molecule has 1 heterocycles. The van der Waals surface area contributed by atoms with Gasteiger partial charge in [-0.25, -0.2) is 0 Å². The summed E-state index contributed by atoms with van der Waals surface area (Å²) in [6.45, 7) is 0. The van der Waals surface area contributed by atoms with E-state index in [-0.39, 0.29) is 5.88 Å². The van der Waals surface area contributed by atoms with Gasteiger partial charge in [0.1, 0.15) is 5.88 Å². The highest BCUT2D eigenvalue weighted by Gasteiger charge is 2.09. The first-order valence-electron chi connectivity index (χ1n) is 4.30. The van der Waals surface area contributed by atoms with Crippen molar-refractivity contribution in [2.24, 2.45) is 0 Å². The van der Waals surface area contributed by atoms with Gasteiger partial charge in [-0.1, -0.05) is 18.2 Å². The van der Waals surface area contributed by atoms with Crippen LogP contribution in [0.25, 0.3) is 10.8 Å². The maximum Gasteiger partial charge on any atom is 0.281 e. The molecule has 5 heteroatoms. The van der Waals surface area contributed by atoms with Crippen LogP contribution in [0.15, 0.2) is 35.3 Å². The number of aromatic nitrogens is 2. The first-order chi connectivity index (χ1) is 7.24. The van der Waals surface area contributed by atoms with Crippen molar-refractivity contribution in [3.8, 4) is 0 Å². The zero-order valence-corrected chi connectivity index (χ0v) is 8.44. The molecule has 0 aliphatic rings. The third-order valence-corrected chi connectivity index (χ3v) is 2.28. The van der Waals surface area contributed by atoms with Crippen LogP contribution in [-0.4, -0.2) is 21.6 Å². The molecule has 0 fully saturated rings. The molecule has 1 aromatic carbocycles. The third kappa shape index (κ3) is 1.64. The maximum absolute atomic E-state index is 11.7. The molecule has 0 spiro atoms. The number of fused-ring (bicyclic) bond motifs is 1. The van der Waals surface area contributed by atoms with Crippen LogP contribution < -0.4 is 5.56 Å². The van der Waals surface area contributed by atoms with Gasteiger partial charge >= 0.3 is 0 Å². The number of halogens is 1. The highest BCUT2D eigenvalue weighted by Crippen LogP contribution is 2.06. The lowest BCUT2D eigenvalue weighted by atomic mass is 10.2. The van der Waals surface area contributed by atoms with E-state index in [1.165, 1.54) is 6.20 Å². The smallest absolute Gasteiger partial charge is 0.271 e. The van der Waals surface area contributed by atoms with Crippen LogP contribution in [0.1, 0.15) is 4.79 Å². The molecule has 0 bridgehead atoms. The first kappa shape index (κ1) is 9.86. The number of rotatable bonds is 1. The van der Waals surface area contributed by atoms with E-state index in [9.17, 15) is 9.59 Å². The molecule has 0 saturated carbocycles. The summed E-state index contributed by atoms with van der Waals surface area (Å²) in [5.41, 5.74) is -0.432. The van der Waals surface area contributed by atoms with E-state index in [2.05, 4.69) is 5.10 Å². The van der Waals surface area contributed by atoms with E-state index in [4.69, 9.17) is 11.6 Å². The number of benzene rings is 1. The number of hydrogen-bond donors (Lipinski definition) is 0. The zero-order chi connectivity index (χ0) is 10.8. The molecule has 0 atom stereocenters. The van der Waals surface area contributed by atoms with Gasteiger partial charge in [-0.3, -0.25) is 9.59 Å². The van der Waals surface area contributed by atoms with Crippen molar-refractivity contribution >= 4 is 28.3 Å². The molecule has 15 heavy (non-hydrogen) atoms. The minimum atomic E-state index is -0.521. The van der Waals surface area contributed by atoms with Gasteiger partial charge in [0.2, 0.25) is 0 Å². The average molecular weight is 223 g/mol. The van der Waals surface area contributed by atoms with Crippen LogP contribution in [0.4, 0.5) is 0 Å². The lowest BCUT2D eigenvalue weighted by Crippen LogP contribution is -2.29. The Kier molecular flexibility index (Phi) is 2.51. The van der Waals surface area contributed by atoms with Gasteiger partial charge in [-0.05, 0) is 6.07 Å². The van der Waals surface area contributed by atoms with E-state index in [1.807, 2.05) is 0 Å². The average Bonchev–Trinajstić information content (AvgIpc) is 2.29. The van der Waals surface area contributed by atoms with Crippen molar-refractivity contribution in [2.75, 3.05) is 5.88 Å². The lowest BCUT2D eigenvalue weighted by molar-refractivity contribution is 0.0919. The Balaban J connectivity index is 2.76. The summed E-state index contributed by atoms with van der Waals surface area (Å²) in [6, 6.07) is 6.95. The molecule has 0 aliphatic heterocycles. The van der Waals surface area contributed by atoms with Gasteiger partial charge < -0.3 is 0 Å². The summed E-state index contributed by atoms with van der Waals surface area (Å²) in [5.74, 6) is -0.780. The molecular formula is C10H7ClN2O2. The number of alkyl halides is 1. The fraction of sp³-hybridized carbons (Fsp3) is 0.100. The molecule has 0 radical (unpaired) electrons. The van der Waals surface area contributed by atoms with Gasteiger partial charge in [-0.15, -0.1) is 11.6 Å². The fourth-order valence-corrected chi connectivity index (χ4v) is 1.44. The Bertz CT molecular complexity index is 577. The van der Waals surface area contributed by atoms with Gasteiger partial charge in [0, 0.05) is 5.39 Å². The molecule has 0 aliphatic carbocycles. The van der Waals surface area contributed by atoms with E-state index in [1.54, 1.807) is 24.3 Å². The summed E-state index contributed by atoms with van der Waals surface area (Å²) < 4.78 is 0.787. The van der Waals surface area contributed by atoms with Crippen LogP contribution in [0, 0.1) is 0 Å². The highest BCUT2D eigenvalue weighted by molar-refractivity contribution is 6.27. The number of carbonyl (C=O) groups is 1. The van der Waals surface area contributed by atoms with E-state index < -0.39 is 11.5 Å². The zero-order valence-electron chi connectivity index (χ0n) is 7.68. The van der Waals surface area contributed by atoms with Crippen LogP contribution in [0.5, 0.6) is 0 Å². The molecule has 0 N–H and O–H groups in total. The quantitative estimate of drug-likeness (QED) is 0.683. The van der Waals surface area contributed by atoms with Crippen molar-refractivity contribution in [3.05, 3.63) is 40.8 Å². The highest BCUT2D eigenvalue weighted by atomic mass is 35.5. The minimum absolute atomic E-state index is 0.259. The van der Waals surface area contributed by atoms with Crippen molar-refractivity contribution in [1.29, 1.82) is 0 Å².